The van der Waals surface area contributed by atoms with Crippen LogP contribution in [0.15, 0.2) is 54.6 Å². The molecule has 0 saturated heterocycles. The number of nitrogens with one attached hydrogen (secondary N) is 1. The van der Waals surface area contributed by atoms with Crippen LogP contribution in [0, 0.1) is 6.92 Å². The second-order valence-corrected chi connectivity index (χ2v) is 5.40. The molecular weight excluding hydrogens is 242 g/mol. The third kappa shape index (κ3) is 4.50. The molecule has 1 N–H and O–H groups in total. The highest BCUT2D eigenvalue weighted by atomic mass is 14.9. The molecule has 1 heteroatoms. The summed E-state index contributed by atoms with van der Waals surface area (Å²) >= 11 is 0. The Kier molecular flexibility index (Phi) is 5.82. The molecule has 0 bridgehead atoms. The van der Waals surface area contributed by atoms with Crippen molar-refractivity contribution in [2.45, 2.75) is 39.2 Å². The Morgan fingerprint density at radius 2 is 1.65 bits per heavy atom. The molecule has 2 aromatic rings. The SMILES string of the molecule is CCNC(CCCc1ccccc1)c1ccc(C)cc1. The lowest BCUT2D eigenvalue weighted by Crippen LogP contribution is -2.21. The van der Waals surface area contributed by atoms with E-state index < -0.39 is 0 Å². The normalized spacial score (nSPS) is 12.3. The van der Waals surface area contributed by atoms with Crippen LogP contribution in [-0.2, 0) is 6.42 Å². The highest BCUT2D eigenvalue weighted by Gasteiger charge is 2.09. The lowest BCUT2D eigenvalue weighted by molar-refractivity contribution is 0.498. The van der Waals surface area contributed by atoms with Crippen molar-refractivity contribution >= 4 is 0 Å². The zero-order valence-corrected chi connectivity index (χ0v) is 12.6. The Labute approximate surface area is 123 Å². The zero-order chi connectivity index (χ0) is 14.2. The van der Waals surface area contributed by atoms with Gasteiger partial charge >= 0.3 is 0 Å². The van der Waals surface area contributed by atoms with Crippen molar-refractivity contribution in [1.82, 2.24) is 5.32 Å². The van der Waals surface area contributed by atoms with Crippen LogP contribution in [0.2, 0.25) is 0 Å². The van der Waals surface area contributed by atoms with E-state index in [0.29, 0.717) is 6.04 Å². The van der Waals surface area contributed by atoms with Crippen LogP contribution in [0.5, 0.6) is 0 Å². The molecule has 0 aromatic heterocycles. The highest BCUT2D eigenvalue weighted by molar-refractivity contribution is 5.24. The standard InChI is InChI=1S/C19H25N/c1-3-20-19(18-14-12-16(2)13-15-18)11-7-10-17-8-5-4-6-9-17/h4-6,8-9,12-15,19-20H,3,7,10-11H2,1-2H3. The van der Waals surface area contributed by atoms with Crippen molar-refractivity contribution in [2.75, 3.05) is 6.54 Å². The van der Waals surface area contributed by atoms with Gasteiger partial charge in [0.05, 0.1) is 0 Å². The van der Waals surface area contributed by atoms with Crippen LogP contribution in [0.1, 0.15) is 42.5 Å². The molecular formula is C19H25N. The minimum absolute atomic E-state index is 0.476. The third-order valence-corrected chi connectivity index (χ3v) is 3.73. The predicted molar refractivity (Wildman–Crippen MR) is 87.0 cm³/mol. The van der Waals surface area contributed by atoms with Crippen LogP contribution < -0.4 is 5.32 Å². The summed E-state index contributed by atoms with van der Waals surface area (Å²) in [6.07, 6.45) is 3.57. The Morgan fingerprint density at radius 1 is 0.950 bits per heavy atom. The van der Waals surface area contributed by atoms with E-state index in [1.54, 1.807) is 0 Å². The number of aryl methyl sites for hydroxylation is 2. The summed E-state index contributed by atoms with van der Waals surface area (Å²) in [5.41, 5.74) is 4.17. The van der Waals surface area contributed by atoms with Gasteiger partial charge in [0.15, 0.2) is 0 Å². The Balaban J connectivity index is 1.90. The van der Waals surface area contributed by atoms with Gasteiger partial charge in [-0.1, -0.05) is 67.1 Å². The van der Waals surface area contributed by atoms with Crippen LogP contribution in [0.25, 0.3) is 0 Å². The monoisotopic (exact) mass is 267 g/mol. The van der Waals surface area contributed by atoms with E-state index in [1.807, 2.05) is 0 Å². The molecule has 2 aromatic carbocycles. The molecule has 1 atom stereocenters. The topological polar surface area (TPSA) is 12.0 Å². The van der Waals surface area contributed by atoms with E-state index in [-0.39, 0.29) is 0 Å². The summed E-state index contributed by atoms with van der Waals surface area (Å²) in [5, 5.41) is 3.60. The number of hydrogen-bond acceptors (Lipinski definition) is 1. The summed E-state index contributed by atoms with van der Waals surface area (Å²) in [6, 6.07) is 20.2. The van der Waals surface area contributed by atoms with E-state index >= 15 is 0 Å². The van der Waals surface area contributed by atoms with E-state index in [9.17, 15) is 0 Å². The lowest BCUT2D eigenvalue weighted by atomic mass is 9.98. The molecule has 0 heterocycles. The number of rotatable bonds is 7. The molecule has 0 aliphatic carbocycles. The first-order valence-corrected chi connectivity index (χ1v) is 7.63. The fraction of sp³-hybridized carbons (Fsp3) is 0.368. The fourth-order valence-corrected chi connectivity index (χ4v) is 2.59. The maximum atomic E-state index is 3.60. The Hall–Kier alpha value is -1.60. The van der Waals surface area contributed by atoms with Crippen molar-refractivity contribution in [1.29, 1.82) is 0 Å². The van der Waals surface area contributed by atoms with Crippen molar-refractivity contribution in [2.24, 2.45) is 0 Å². The van der Waals surface area contributed by atoms with Crippen LogP contribution >= 0.6 is 0 Å². The molecule has 0 aliphatic heterocycles. The van der Waals surface area contributed by atoms with Gasteiger partial charge in [-0.15, -0.1) is 0 Å². The molecule has 1 unspecified atom stereocenters. The first kappa shape index (κ1) is 14.8. The molecule has 1 nitrogen and oxygen atoms in total. The zero-order valence-electron chi connectivity index (χ0n) is 12.6. The molecule has 0 radical (unpaired) electrons. The van der Waals surface area contributed by atoms with Crippen molar-refractivity contribution < 1.29 is 0 Å². The summed E-state index contributed by atoms with van der Waals surface area (Å²) in [7, 11) is 0. The van der Waals surface area contributed by atoms with Crippen molar-refractivity contribution in [3.63, 3.8) is 0 Å². The first-order chi connectivity index (χ1) is 9.79. The maximum Gasteiger partial charge on any atom is 0.0320 e. The van der Waals surface area contributed by atoms with Gasteiger partial charge in [-0.25, -0.2) is 0 Å². The molecule has 0 spiro atoms. The van der Waals surface area contributed by atoms with E-state index in [1.165, 1.54) is 29.5 Å². The molecule has 2 rings (SSSR count). The summed E-state index contributed by atoms with van der Waals surface area (Å²) in [6.45, 7) is 5.34. The number of hydrogen-bond donors (Lipinski definition) is 1. The summed E-state index contributed by atoms with van der Waals surface area (Å²) < 4.78 is 0. The number of benzene rings is 2. The van der Waals surface area contributed by atoms with E-state index in [2.05, 4.69) is 73.8 Å². The van der Waals surface area contributed by atoms with Crippen molar-refractivity contribution in [3.05, 3.63) is 71.3 Å². The Bertz CT molecular complexity index is 487. The Morgan fingerprint density at radius 3 is 2.30 bits per heavy atom. The molecule has 0 aliphatic rings. The average Bonchev–Trinajstić information content (AvgIpc) is 2.48. The largest absolute Gasteiger partial charge is 0.310 e. The third-order valence-electron chi connectivity index (χ3n) is 3.73. The summed E-state index contributed by atoms with van der Waals surface area (Å²) in [4.78, 5) is 0. The lowest BCUT2D eigenvalue weighted by Gasteiger charge is -2.18. The smallest absolute Gasteiger partial charge is 0.0320 e. The minimum Gasteiger partial charge on any atom is -0.310 e. The molecule has 0 fully saturated rings. The van der Waals surface area contributed by atoms with Crippen LogP contribution in [0.3, 0.4) is 0 Å². The molecule has 0 saturated carbocycles. The van der Waals surface area contributed by atoms with Gasteiger partial charge in [0.25, 0.3) is 0 Å². The quantitative estimate of drug-likeness (QED) is 0.768. The van der Waals surface area contributed by atoms with Gasteiger partial charge in [0, 0.05) is 6.04 Å². The fourth-order valence-electron chi connectivity index (χ4n) is 2.59. The predicted octanol–water partition coefficient (Wildman–Crippen LogP) is 4.67. The molecule has 106 valence electrons. The van der Waals surface area contributed by atoms with Crippen LogP contribution in [-0.4, -0.2) is 6.54 Å². The van der Waals surface area contributed by atoms with Gasteiger partial charge in [-0.2, -0.15) is 0 Å². The van der Waals surface area contributed by atoms with Crippen LogP contribution in [0.4, 0.5) is 0 Å². The van der Waals surface area contributed by atoms with E-state index in [4.69, 9.17) is 0 Å². The van der Waals surface area contributed by atoms with Gasteiger partial charge in [-0.3, -0.25) is 0 Å². The molecule has 20 heavy (non-hydrogen) atoms. The molecule has 0 amide bonds. The minimum atomic E-state index is 0.476. The van der Waals surface area contributed by atoms with Gasteiger partial charge < -0.3 is 5.32 Å². The van der Waals surface area contributed by atoms with Gasteiger partial charge in [0.1, 0.15) is 0 Å². The van der Waals surface area contributed by atoms with Crippen molar-refractivity contribution in [3.8, 4) is 0 Å². The maximum absolute atomic E-state index is 3.60. The summed E-state index contributed by atoms with van der Waals surface area (Å²) in [5.74, 6) is 0. The second-order valence-electron chi connectivity index (χ2n) is 5.40. The van der Waals surface area contributed by atoms with Gasteiger partial charge in [0.2, 0.25) is 0 Å². The second kappa shape index (κ2) is 7.86. The van der Waals surface area contributed by atoms with E-state index in [0.717, 1.165) is 13.0 Å². The first-order valence-electron chi connectivity index (χ1n) is 7.63. The average molecular weight is 267 g/mol. The van der Waals surface area contributed by atoms with Gasteiger partial charge in [-0.05, 0) is 43.9 Å². The highest BCUT2D eigenvalue weighted by Crippen LogP contribution is 2.20.